The van der Waals surface area contributed by atoms with Crippen molar-refractivity contribution in [1.29, 1.82) is 0 Å². The fourth-order valence-electron chi connectivity index (χ4n) is 3.31. The van der Waals surface area contributed by atoms with Gasteiger partial charge in [0.2, 0.25) is 12.0 Å². The molecule has 3 aromatic carbocycles. The summed E-state index contributed by atoms with van der Waals surface area (Å²) in [6, 6.07) is 21.5. The zero-order valence-corrected chi connectivity index (χ0v) is 18.3. The third-order valence-electron chi connectivity index (χ3n) is 5.09. The fraction of sp³-hybridized carbons (Fsp3) is 0.160. The number of hydrogen-bond acceptors (Lipinski definition) is 8. The van der Waals surface area contributed by atoms with Gasteiger partial charge in [-0.25, -0.2) is 0 Å². The molecule has 1 unspecified atom stereocenters. The first-order valence-electron chi connectivity index (χ1n) is 10.6. The maximum atomic E-state index is 12.5. The van der Waals surface area contributed by atoms with Gasteiger partial charge in [-0.15, -0.1) is 10.2 Å². The molecule has 0 saturated carbocycles. The summed E-state index contributed by atoms with van der Waals surface area (Å²) < 4.78 is 27.9. The molecule has 1 aromatic heterocycles. The van der Waals surface area contributed by atoms with Crippen LogP contribution in [-0.2, 0) is 11.4 Å². The van der Waals surface area contributed by atoms with Crippen LogP contribution in [0.15, 0.2) is 77.2 Å². The van der Waals surface area contributed by atoms with Gasteiger partial charge < -0.3 is 28.7 Å². The number of benzene rings is 3. The van der Waals surface area contributed by atoms with E-state index in [1.807, 2.05) is 36.4 Å². The van der Waals surface area contributed by atoms with Gasteiger partial charge in [0.1, 0.15) is 18.1 Å². The number of methoxy groups -OCH3 is 1. The minimum Gasteiger partial charge on any atom is -0.497 e. The van der Waals surface area contributed by atoms with E-state index in [9.17, 15) is 4.79 Å². The molecule has 2 heterocycles. The number of carbonyl (C=O) groups excluding carboxylic acids is 1. The molecular formula is C25H21N3O6. The van der Waals surface area contributed by atoms with Gasteiger partial charge in [-0.2, -0.15) is 0 Å². The van der Waals surface area contributed by atoms with E-state index >= 15 is 0 Å². The lowest BCUT2D eigenvalue weighted by Crippen LogP contribution is -2.40. The van der Waals surface area contributed by atoms with E-state index in [0.717, 1.165) is 11.3 Å². The van der Waals surface area contributed by atoms with Crippen LogP contribution in [0.5, 0.6) is 23.0 Å². The van der Waals surface area contributed by atoms with Gasteiger partial charge in [0.05, 0.1) is 7.11 Å². The monoisotopic (exact) mass is 459 g/mol. The van der Waals surface area contributed by atoms with E-state index in [-0.39, 0.29) is 19.1 Å². The number of aromatic nitrogens is 2. The van der Waals surface area contributed by atoms with Crippen LogP contribution in [-0.4, -0.2) is 35.9 Å². The number of anilines is 1. The van der Waals surface area contributed by atoms with Crippen LogP contribution >= 0.6 is 0 Å². The molecule has 1 aliphatic heterocycles. The molecule has 172 valence electrons. The van der Waals surface area contributed by atoms with Crippen molar-refractivity contribution < 1.29 is 28.2 Å². The van der Waals surface area contributed by atoms with Crippen LogP contribution in [0.2, 0.25) is 0 Å². The maximum absolute atomic E-state index is 12.5. The molecule has 1 atom stereocenters. The van der Waals surface area contributed by atoms with E-state index in [1.54, 1.807) is 43.5 Å². The third-order valence-corrected chi connectivity index (χ3v) is 5.09. The highest BCUT2D eigenvalue weighted by molar-refractivity contribution is 5.94. The molecule has 34 heavy (non-hydrogen) atoms. The molecule has 9 heteroatoms. The zero-order chi connectivity index (χ0) is 23.3. The average Bonchev–Trinajstić information content (AvgIpc) is 3.37. The van der Waals surface area contributed by atoms with Crippen molar-refractivity contribution in [2.45, 2.75) is 12.7 Å². The summed E-state index contributed by atoms with van der Waals surface area (Å²) in [6.07, 6.45) is -0.733. The molecule has 9 nitrogen and oxygen atoms in total. The highest BCUT2D eigenvalue weighted by Gasteiger charge is 2.27. The van der Waals surface area contributed by atoms with Crippen LogP contribution in [0.3, 0.4) is 0 Å². The lowest BCUT2D eigenvalue weighted by Gasteiger charge is -2.25. The molecule has 0 fully saturated rings. The van der Waals surface area contributed by atoms with Crippen molar-refractivity contribution in [3.8, 4) is 34.5 Å². The summed E-state index contributed by atoms with van der Waals surface area (Å²) in [5.74, 6) is 2.97. The normalized spacial score (nSPS) is 14.3. The first kappa shape index (κ1) is 21.3. The van der Waals surface area contributed by atoms with E-state index in [4.69, 9.17) is 23.4 Å². The van der Waals surface area contributed by atoms with Crippen LogP contribution < -0.4 is 24.3 Å². The first-order chi connectivity index (χ1) is 16.7. The number of nitrogens with zero attached hydrogens (tertiary/aromatic N) is 2. The van der Waals surface area contributed by atoms with Crippen LogP contribution in [0.1, 0.15) is 5.89 Å². The number of ether oxygens (including phenoxy) is 4. The minimum absolute atomic E-state index is 0.113. The molecule has 1 amide bonds. The Bertz CT molecular complexity index is 1270. The number of rotatable bonds is 7. The zero-order valence-electron chi connectivity index (χ0n) is 18.3. The predicted octanol–water partition coefficient (Wildman–Crippen LogP) is 4.10. The van der Waals surface area contributed by atoms with Crippen LogP contribution in [0.25, 0.3) is 11.5 Å². The second-order valence-electron chi connectivity index (χ2n) is 7.40. The summed E-state index contributed by atoms with van der Waals surface area (Å²) in [4.78, 5) is 12.5. The molecule has 1 aliphatic rings. The second-order valence-corrected chi connectivity index (χ2v) is 7.40. The highest BCUT2D eigenvalue weighted by atomic mass is 16.6. The van der Waals surface area contributed by atoms with E-state index in [0.29, 0.717) is 34.7 Å². The molecule has 0 saturated heterocycles. The molecule has 0 spiro atoms. The van der Waals surface area contributed by atoms with Crippen molar-refractivity contribution in [1.82, 2.24) is 10.2 Å². The average molecular weight is 459 g/mol. The first-order valence-corrected chi connectivity index (χ1v) is 10.6. The smallest absolute Gasteiger partial charge is 0.269 e. The van der Waals surface area contributed by atoms with Crippen molar-refractivity contribution in [3.05, 3.63) is 78.7 Å². The number of carbonyl (C=O) groups is 1. The fourth-order valence-corrected chi connectivity index (χ4v) is 3.31. The predicted molar refractivity (Wildman–Crippen MR) is 122 cm³/mol. The van der Waals surface area contributed by atoms with Gasteiger partial charge >= 0.3 is 0 Å². The molecule has 0 radical (unpaired) electrons. The van der Waals surface area contributed by atoms with Crippen LogP contribution in [0.4, 0.5) is 5.69 Å². The number of fused-ring (bicyclic) bond motifs is 1. The topological polar surface area (TPSA) is 105 Å². The van der Waals surface area contributed by atoms with Gasteiger partial charge in [0, 0.05) is 11.3 Å². The minimum atomic E-state index is -0.733. The summed E-state index contributed by atoms with van der Waals surface area (Å²) in [6.45, 7) is 0.258. The van der Waals surface area contributed by atoms with Crippen molar-refractivity contribution in [3.63, 3.8) is 0 Å². The summed E-state index contributed by atoms with van der Waals surface area (Å²) in [5.41, 5.74) is 1.40. The quantitative estimate of drug-likeness (QED) is 0.440. The Labute approximate surface area is 195 Å². The number of amides is 1. The van der Waals surface area contributed by atoms with E-state index < -0.39 is 6.10 Å². The number of hydrogen-bond donors (Lipinski definition) is 1. The standard InChI is InChI=1S/C25H21N3O6/c1-30-18-10-6-16(7-11-18)25-28-27-23(34-25)15-31-19-12-8-17(9-13-19)26-24(29)22-14-32-20-4-2-3-5-21(20)33-22/h2-13,22H,14-15H2,1H3,(H,26,29). The third kappa shape index (κ3) is 4.78. The van der Waals surface area contributed by atoms with Crippen molar-refractivity contribution >= 4 is 11.6 Å². The Kier molecular flexibility index (Phi) is 5.98. The SMILES string of the molecule is COc1ccc(-c2nnc(COc3ccc(NC(=O)C4COc5ccccc5O4)cc3)o2)cc1. The van der Waals surface area contributed by atoms with Crippen molar-refractivity contribution in [2.75, 3.05) is 19.0 Å². The van der Waals surface area contributed by atoms with Crippen molar-refractivity contribution in [2.24, 2.45) is 0 Å². The van der Waals surface area contributed by atoms with Gasteiger partial charge in [-0.3, -0.25) is 4.79 Å². The number of para-hydroxylation sites is 2. The highest BCUT2D eigenvalue weighted by Crippen LogP contribution is 2.31. The summed E-state index contributed by atoms with van der Waals surface area (Å²) >= 11 is 0. The Hall–Kier alpha value is -4.53. The van der Waals surface area contributed by atoms with Gasteiger partial charge in [-0.1, -0.05) is 12.1 Å². The van der Waals surface area contributed by atoms with Gasteiger partial charge in [0.15, 0.2) is 18.1 Å². The van der Waals surface area contributed by atoms with E-state index in [2.05, 4.69) is 15.5 Å². The molecular weight excluding hydrogens is 438 g/mol. The maximum Gasteiger partial charge on any atom is 0.269 e. The van der Waals surface area contributed by atoms with Gasteiger partial charge in [-0.05, 0) is 60.7 Å². The Morgan fingerprint density at radius 3 is 2.47 bits per heavy atom. The second kappa shape index (κ2) is 9.53. The summed E-state index contributed by atoms with van der Waals surface area (Å²) in [5, 5.41) is 10.9. The lowest BCUT2D eigenvalue weighted by atomic mass is 10.2. The number of nitrogens with one attached hydrogen (secondary N) is 1. The lowest BCUT2D eigenvalue weighted by molar-refractivity contribution is -0.125. The molecule has 0 aliphatic carbocycles. The molecule has 1 N–H and O–H groups in total. The van der Waals surface area contributed by atoms with E-state index in [1.165, 1.54) is 0 Å². The molecule has 5 rings (SSSR count). The van der Waals surface area contributed by atoms with Gasteiger partial charge in [0.25, 0.3) is 11.8 Å². The molecule has 0 bridgehead atoms. The Morgan fingerprint density at radius 2 is 1.71 bits per heavy atom. The largest absolute Gasteiger partial charge is 0.497 e. The Morgan fingerprint density at radius 1 is 0.971 bits per heavy atom. The molecule has 4 aromatic rings. The summed E-state index contributed by atoms with van der Waals surface area (Å²) in [7, 11) is 1.61. The van der Waals surface area contributed by atoms with Crippen LogP contribution in [0, 0.1) is 0 Å². The Balaban J connectivity index is 1.14.